The number of benzene rings is 3. The lowest BCUT2D eigenvalue weighted by Gasteiger charge is -2.13. The maximum atomic E-state index is 5.97. The van der Waals surface area contributed by atoms with E-state index in [1.54, 1.807) is 0 Å². The normalized spacial score (nSPS) is 10.4. The minimum Gasteiger partial charge on any atom is -0.355 e. The summed E-state index contributed by atoms with van der Waals surface area (Å²) < 4.78 is 0. The van der Waals surface area contributed by atoms with Crippen LogP contribution in [0.5, 0.6) is 0 Å². The average molecular weight is 294 g/mol. The Morgan fingerprint density at radius 3 is 2.33 bits per heavy atom. The van der Waals surface area contributed by atoms with Gasteiger partial charge in [0.25, 0.3) is 0 Å². The van der Waals surface area contributed by atoms with Crippen molar-refractivity contribution >= 4 is 23.0 Å². The van der Waals surface area contributed by atoms with Crippen molar-refractivity contribution in [2.75, 3.05) is 5.32 Å². The molecule has 0 radical (unpaired) electrons. The van der Waals surface area contributed by atoms with Crippen LogP contribution in [0, 0.1) is 6.92 Å². The van der Waals surface area contributed by atoms with E-state index >= 15 is 0 Å². The molecule has 0 spiro atoms. The van der Waals surface area contributed by atoms with Crippen LogP contribution in [0.4, 0.5) is 11.4 Å². The van der Waals surface area contributed by atoms with Crippen LogP contribution < -0.4 is 5.32 Å². The predicted molar refractivity (Wildman–Crippen MR) is 91.3 cm³/mol. The summed E-state index contributed by atoms with van der Waals surface area (Å²) in [5, 5.41) is 4.25. The Labute approximate surface area is 130 Å². The number of nitrogens with one attached hydrogen (secondary N) is 1. The highest BCUT2D eigenvalue weighted by molar-refractivity contribution is 6.30. The molecule has 0 fully saturated rings. The summed E-state index contributed by atoms with van der Waals surface area (Å²) in [5.74, 6) is 0. The molecule has 0 aliphatic heterocycles. The standard InChI is InChI=1S/C19H16ClN/c1-14-5-4-6-17(13-14)21-19-8-3-2-7-18(19)15-9-11-16(20)12-10-15/h2-13,21H,1H3. The van der Waals surface area contributed by atoms with Gasteiger partial charge < -0.3 is 5.32 Å². The van der Waals surface area contributed by atoms with Crippen LogP contribution in [-0.2, 0) is 0 Å². The maximum Gasteiger partial charge on any atom is 0.0463 e. The first-order valence-corrected chi connectivity index (χ1v) is 7.29. The van der Waals surface area contributed by atoms with Crippen molar-refractivity contribution in [2.24, 2.45) is 0 Å². The van der Waals surface area contributed by atoms with Crippen LogP contribution in [0.3, 0.4) is 0 Å². The van der Waals surface area contributed by atoms with Gasteiger partial charge in [-0.2, -0.15) is 0 Å². The first-order valence-electron chi connectivity index (χ1n) is 6.91. The van der Waals surface area contributed by atoms with Crippen LogP contribution in [0.25, 0.3) is 11.1 Å². The van der Waals surface area contributed by atoms with Gasteiger partial charge in [0, 0.05) is 22.0 Å². The molecule has 1 nitrogen and oxygen atoms in total. The maximum absolute atomic E-state index is 5.97. The summed E-state index contributed by atoms with van der Waals surface area (Å²) in [6, 6.07) is 24.6. The van der Waals surface area contributed by atoms with E-state index in [2.05, 4.69) is 48.6 Å². The van der Waals surface area contributed by atoms with Gasteiger partial charge in [-0.05, 0) is 48.4 Å². The van der Waals surface area contributed by atoms with Gasteiger partial charge in [0.15, 0.2) is 0 Å². The molecule has 0 bridgehead atoms. The molecule has 1 N–H and O–H groups in total. The number of halogens is 1. The van der Waals surface area contributed by atoms with Crippen molar-refractivity contribution < 1.29 is 0 Å². The molecule has 3 aromatic carbocycles. The molecule has 0 aliphatic carbocycles. The predicted octanol–water partition coefficient (Wildman–Crippen LogP) is 6.06. The third-order valence-corrected chi connectivity index (χ3v) is 3.63. The van der Waals surface area contributed by atoms with Crippen molar-refractivity contribution in [3.63, 3.8) is 0 Å². The van der Waals surface area contributed by atoms with E-state index in [0.29, 0.717) is 0 Å². The minimum absolute atomic E-state index is 0.753. The molecule has 0 atom stereocenters. The molecule has 0 saturated carbocycles. The third-order valence-electron chi connectivity index (χ3n) is 3.38. The molecule has 0 unspecified atom stereocenters. The van der Waals surface area contributed by atoms with Crippen molar-refractivity contribution in [1.29, 1.82) is 0 Å². The van der Waals surface area contributed by atoms with E-state index < -0.39 is 0 Å². The Bertz CT molecular complexity index is 748. The summed E-state index contributed by atoms with van der Waals surface area (Å²) in [6.45, 7) is 2.09. The van der Waals surface area contributed by atoms with Crippen molar-refractivity contribution in [2.45, 2.75) is 6.92 Å². The number of rotatable bonds is 3. The SMILES string of the molecule is Cc1cccc(Nc2ccccc2-c2ccc(Cl)cc2)c1. The first-order chi connectivity index (χ1) is 10.2. The quantitative estimate of drug-likeness (QED) is 0.619. The van der Waals surface area contributed by atoms with Gasteiger partial charge in [0.2, 0.25) is 0 Å². The van der Waals surface area contributed by atoms with Crippen LogP contribution in [0.15, 0.2) is 72.8 Å². The first kappa shape index (κ1) is 13.7. The third kappa shape index (κ3) is 3.26. The molecular weight excluding hydrogens is 278 g/mol. The highest BCUT2D eigenvalue weighted by Crippen LogP contribution is 2.31. The van der Waals surface area contributed by atoms with Crippen LogP contribution >= 0.6 is 11.6 Å². The smallest absolute Gasteiger partial charge is 0.0463 e. The molecule has 2 heteroatoms. The number of hydrogen-bond acceptors (Lipinski definition) is 1. The lowest BCUT2D eigenvalue weighted by molar-refractivity contribution is 1.45. The molecule has 0 heterocycles. The van der Waals surface area contributed by atoms with E-state index in [-0.39, 0.29) is 0 Å². The monoisotopic (exact) mass is 293 g/mol. The van der Waals surface area contributed by atoms with Crippen LogP contribution in [0.1, 0.15) is 5.56 Å². The fourth-order valence-corrected chi connectivity index (χ4v) is 2.48. The Kier molecular flexibility index (Phi) is 3.94. The van der Waals surface area contributed by atoms with Gasteiger partial charge in [0.05, 0.1) is 0 Å². The van der Waals surface area contributed by atoms with E-state index in [1.807, 2.05) is 36.4 Å². The Balaban J connectivity index is 1.98. The Hall–Kier alpha value is -2.25. The van der Waals surface area contributed by atoms with Gasteiger partial charge >= 0.3 is 0 Å². The topological polar surface area (TPSA) is 12.0 Å². The van der Waals surface area contributed by atoms with Gasteiger partial charge in [-0.25, -0.2) is 0 Å². The van der Waals surface area contributed by atoms with Crippen LogP contribution in [0.2, 0.25) is 5.02 Å². The fourth-order valence-electron chi connectivity index (χ4n) is 2.35. The van der Waals surface area contributed by atoms with Crippen LogP contribution in [-0.4, -0.2) is 0 Å². The van der Waals surface area contributed by atoms with Gasteiger partial charge in [0.1, 0.15) is 0 Å². The zero-order valence-electron chi connectivity index (χ0n) is 11.8. The Morgan fingerprint density at radius 2 is 1.57 bits per heavy atom. The lowest BCUT2D eigenvalue weighted by Crippen LogP contribution is -1.93. The zero-order valence-corrected chi connectivity index (χ0v) is 12.6. The largest absolute Gasteiger partial charge is 0.355 e. The second-order valence-corrected chi connectivity index (χ2v) is 5.48. The second-order valence-electron chi connectivity index (χ2n) is 5.05. The number of para-hydroxylation sites is 1. The fraction of sp³-hybridized carbons (Fsp3) is 0.0526. The van der Waals surface area contributed by atoms with E-state index in [9.17, 15) is 0 Å². The van der Waals surface area contributed by atoms with E-state index in [1.165, 1.54) is 5.56 Å². The van der Waals surface area contributed by atoms with Crippen molar-refractivity contribution in [3.8, 4) is 11.1 Å². The number of anilines is 2. The molecule has 0 aromatic heterocycles. The highest BCUT2D eigenvalue weighted by Gasteiger charge is 2.05. The summed E-state index contributed by atoms with van der Waals surface area (Å²) in [6.07, 6.45) is 0. The molecule has 3 aromatic rings. The zero-order chi connectivity index (χ0) is 14.7. The summed E-state index contributed by atoms with van der Waals surface area (Å²) >= 11 is 5.97. The van der Waals surface area contributed by atoms with Gasteiger partial charge in [-0.3, -0.25) is 0 Å². The van der Waals surface area contributed by atoms with Crippen molar-refractivity contribution in [1.82, 2.24) is 0 Å². The minimum atomic E-state index is 0.753. The highest BCUT2D eigenvalue weighted by atomic mass is 35.5. The average Bonchev–Trinajstić information content (AvgIpc) is 2.49. The Morgan fingerprint density at radius 1 is 0.810 bits per heavy atom. The van der Waals surface area contributed by atoms with E-state index in [0.717, 1.165) is 27.5 Å². The van der Waals surface area contributed by atoms with Gasteiger partial charge in [-0.1, -0.05) is 54.1 Å². The van der Waals surface area contributed by atoms with E-state index in [4.69, 9.17) is 11.6 Å². The lowest BCUT2D eigenvalue weighted by atomic mass is 10.0. The molecule has 104 valence electrons. The molecule has 21 heavy (non-hydrogen) atoms. The number of hydrogen-bond donors (Lipinski definition) is 1. The number of aryl methyl sites for hydroxylation is 1. The molecule has 0 saturated heterocycles. The second kappa shape index (κ2) is 6.02. The summed E-state index contributed by atoms with van der Waals surface area (Å²) in [5.41, 5.74) is 5.73. The molecule has 3 rings (SSSR count). The molecule has 0 aliphatic rings. The summed E-state index contributed by atoms with van der Waals surface area (Å²) in [7, 11) is 0. The van der Waals surface area contributed by atoms with Crippen molar-refractivity contribution in [3.05, 3.63) is 83.4 Å². The summed E-state index contributed by atoms with van der Waals surface area (Å²) in [4.78, 5) is 0. The molecule has 0 amide bonds. The van der Waals surface area contributed by atoms with Gasteiger partial charge in [-0.15, -0.1) is 0 Å². The molecular formula is C19H16ClN.